The molecular formula is C10H14FN3. The Hall–Kier alpha value is -1.13. The average Bonchev–Trinajstić information content (AvgIpc) is 2.20. The van der Waals surface area contributed by atoms with Gasteiger partial charge in [-0.2, -0.15) is 0 Å². The van der Waals surface area contributed by atoms with Crippen LogP contribution in [0.2, 0.25) is 0 Å². The topological polar surface area (TPSA) is 32.5 Å². The smallest absolute Gasteiger partial charge is 0.146 e. The molecule has 0 aromatic heterocycles. The van der Waals surface area contributed by atoms with Crippen LogP contribution in [0.3, 0.4) is 0 Å². The van der Waals surface area contributed by atoms with E-state index < -0.39 is 0 Å². The van der Waals surface area contributed by atoms with E-state index in [-0.39, 0.29) is 5.82 Å². The largest absolute Gasteiger partial charge is 0.366 e. The van der Waals surface area contributed by atoms with Crippen LogP contribution in [0, 0.1) is 5.82 Å². The summed E-state index contributed by atoms with van der Waals surface area (Å²) in [5, 5.41) is 1.76. The molecule has 0 amide bonds. The van der Waals surface area contributed by atoms with Gasteiger partial charge >= 0.3 is 0 Å². The van der Waals surface area contributed by atoms with Crippen LogP contribution in [0.4, 0.5) is 10.1 Å². The van der Waals surface area contributed by atoms with E-state index in [0.717, 1.165) is 26.2 Å². The van der Waals surface area contributed by atoms with Gasteiger partial charge in [0.05, 0.1) is 5.69 Å². The molecule has 1 fully saturated rings. The van der Waals surface area contributed by atoms with Crippen molar-refractivity contribution in [1.82, 2.24) is 5.01 Å². The van der Waals surface area contributed by atoms with E-state index in [9.17, 15) is 4.39 Å². The number of benzene rings is 1. The van der Waals surface area contributed by atoms with Crippen molar-refractivity contribution in [3.8, 4) is 0 Å². The van der Waals surface area contributed by atoms with Crippen molar-refractivity contribution in [3.05, 3.63) is 30.1 Å². The van der Waals surface area contributed by atoms with Crippen LogP contribution in [0.15, 0.2) is 24.3 Å². The van der Waals surface area contributed by atoms with Gasteiger partial charge in [0.1, 0.15) is 5.82 Å². The highest BCUT2D eigenvalue weighted by Gasteiger charge is 2.16. The lowest BCUT2D eigenvalue weighted by molar-refractivity contribution is 0.265. The third-order valence-corrected chi connectivity index (χ3v) is 2.51. The van der Waals surface area contributed by atoms with E-state index in [1.54, 1.807) is 11.1 Å². The second-order valence-corrected chi connectivity index (χ2v) is 3.47. The molecule has 0 spiro atoms. The van der Waals surface area contributed by atoms with Gasteiger partial charge in [0, 0.05) is 26.2 Å². The first-order valence-corrected chi connectivity index (χ1v) is 4.76. The molecule has 1 aromatic carbocycles. The van der Waals surface area contributed by atoms with Crippen molar-refractivity contribution >= 4 is 5.69 Å². The fourth-order valence-corrected chi connectivity index (χ4v) is 1.67. The van der Waals surface area contributed by atoms with Crippen molar-refractivity contribution in [1.29, 1.82) is 0 Å². The van der Waals surface area contributed by atoms with Crippen LogP contribution < -0.4 is 10.7 Å². The highest BCUT2D eigenvalue weighted by Crippen LogP contribution is 2.19. The van der Waals surface area contributed by atoms with Crippen LogP contribution in [0.1, 0.15) is 0 Å². The molecule has 0 atom stereocenters. The van der Waals surface area contributed by atoms with E-state index in [1.165, 1.54) is 6.07 Å². The molecule has 1 aliphatic rings. The summed E-state index contributed by atoms with van der Waals surface area (Å²) in [6.07, 6.45) is 0. The summed E-state index contributed by atoms with van der Waals surface area (Å²) in [6, 6.07) is 6.86. The van der Waals surface area contributed by atoms with Crippen molar-refractivity contribution in [2.24, 2.45) is 5.84 Å². The van der Waals surface area contributed by atoms with Gasteiger partial charge in [-0.3, -0.25) is 5.84 Å². The third-order valence-electron chi connectivity index (χ3n) is 2.51. The number of hydrogen-bond acceptors (Lipinski definition) is 3. The Morgan fingerprint density at radius 3 is 2.36 bits per heavy atom. The zero-order valence-corrected chi connectivity index (χ0v) is 7.99. The first kappa shape index (κ1) is 9.43. The summed E-state index contributed by atoms with van der Waals surface area (Å²) >= 11 is 0. The van der Waals surface area contributed by atoms with Crippen LogP contribution in [-0.2, 0) is 0 Å². The lowest BCUT2D eigenvalue weighted by Gasteiger charge is -2.33. The van der Waals surface area contributed by atoms with E-state index in [2.05, 4.69) is 0 Å². The summed E-state index contributed by atoms with van der Waals surface area (Å²) in [5.41, 5.74) is 0.681. The number of hydrogen-bond donors (Lipinski definition) is 1. The molecule has 0 unspecified atom stereocenters. The molecular weight excluding hydrogens is 181 g/mol. The number of anilines is 1. The van der Waals surface area contributed by atoms with Crippen molar-refractivity contribution in [3.63, 3.8) is 0 Å². The van der Waals surface area contributed by atoms with E-state index in [0.29, 0.717) is 5.69 Å². The molecule has 1 heterocycles. The summed E-state index contributed by atoms with van der Waals surface area (Å²) in [4.78, 5) is 2.03. The molecule has 0 bridgehead atoms. The molecule has 2 N–H and O–H groups in total. The minimum atomic E-state index is -0.155. The molecule has 4 heteroatoms. The highest BCUT2D eigenvalue weighted by molar-refractivity contribution is 5.47. The number of nitrogens with two attached hydrogens (primary N) is 1. The molecule has 1 aliphatic heterocycles. The minimum Gasteiger partial charge on any atom is -0.366 e. The minimum absolute atomic E-state index is 0.155. The van der Waals surface area contributed by atoms with Gasteiger partial charge in [-0.15, -0.1) is 0 Å². The molecule has 3 nitrogen and oxygen atoms in total. The molecule has 14 heavy (non-hydrogen) atoms. The maximum atomic E-state index is 13.4. The third kappa shape index (κ3) is 1.86. The summed E-state index contributed by atoms with van der Waals surface area (Å²) in [6.45, 7) is 3.15. The zero-order valence-electron chi connectivity index (χ0n) is 7.99. The van der Waals surface area contributed by atoms with Crippen molar-refractivity contribution in [2.75, 3.05) is 31.1 Å². The summed E-state index contributed by atoms with van der Waals surface area (Å²) in [7, 11) is 0. The normalized spacial score (nSPS) is 18.6. The number of piperazine rings is 1. The van der Waals surface area contributed by atoms with Crippen LogP contribution >= 0.6 is 0 Å². The lowest BCUT2D eigenvalue weighted by atomic mass is 10.2. The second kappa shape index (κ2) is 3.94. The fraction of sp³-hybridized carbons (Fsp3) is 0.400. The van der Waals surface area contributed by atoms with Gasteiger partial charge in [0.25, 0.3) is 0 Å². The number of para-hydroxylation sites is 1. The van der Waals surface area contributed by atoms with Gasteiger partial charge in [-0.1, -0.05) is 12.1 Å². The molecule has 2 rings (SSSR count). The van der Waals surface area contributed by atoms with Crippen molar-refractivity contribution < 1.29 is 4.39 Å². The van der Waals surface area contributed by atoms with Gasteiger partial charge in [-0.25, -0.2) is 9.40 Å². The highest BCUT2D eigenvalue weighted by atomic mass is 19.1. The fourth-order valence-electron chi connectivity index (χ4n) is 1.67. The first-order valence-electron chi connectivity index (χ1n) is 4.76. The van der Waals surface area contributed by atoms with Crippen LogP contribution in [-0.4, -0.2) is 31.2 Å². The van der Waals surface area contributed by atoms with Crippen LogP contribution in [0.25, 0.3) is 0 Å². The quantitative estimate of drug-likeness (QED) is 0.673. The lowest BCUT2D eigenvalue weighted by Crippen LogP contribution is -2.49. The van der Waals surface area contributed by atoms with Gasteiger partial charge in [0.2, 0.25) is 0 Å². The molecule has 0 aliphatic carbocycles. The second-order valence-electron chi connectivity index (χ2n) is 3.47. The van der Waals surface area contributed by atoms with Crippen LogP contribution in [0.5, 0.6) is 0 Å². The molecule has 0 radical (unpaired) electrons. The zero-order chi connectivity index (χ0) is 9.97. The summed E-state index contributed by atoms with van der Waals surface area (Å²) in [5.74, 6) is 5.47. The van der Waals surface area contributed by atoms with Crippen molar-refractivity contribution in [2.45, 2.75) is 0 Å². The van der Waals surface area contributed by atoms with E-state index in [4.69, 9.17) is 5.84 Å². The Labute approximate surface area is 82.9 Å². The Balaban J connectivity index is 2.12. The molecule has 76 valence electrons. The molecule has 1 aromatic rings. The summed E-state index contributed by atoms with van der Waals surface area (Å²) < 4.78 is 13.4. The molecule has 0 saturated carbocycles. The maximum Gasteiger partial charge on any atom is 0.146 e. The van der Waals surface area contributed by atoms with E-state index in [1.807, 2.05) is 17.0 Å². The number of hydrazine groups is 1. The maximum absolute atomic E-state index is 13.4. The Morgan fingerprint density at radius 1 is 1.07 bits per heavy atom. The monoisotopic (exact) mass is 195 g/mol. The predicted octanol–water partition coefficient (Wildman–Crippen LogP) is 0.821. The Bertz CT molecular complexity index is 308. The first-order chi connectivity index (χ1) is 6.77. The van der Waals surface area contributed by atoms with Gasteiger partial charge in [-0.05, 0) is 12.1 Å². The van der Waals surface area contributed by atoms with E-state index >= 15 is 0 Å². The SMILES string of the molecule is NN1CCN(c2ccccc2F)CC1. The standard InChI is InChI=1S/C10H14FN3/c11-9-3-1-2-4-10(9)13-5-7-14(12)8-6-13/h1-4H,5-8,12H2. The number of nitrogens with zero attached hydrogens (tertiary/aromatic N) is 2. The Kier molecular flexibility index (Phi) is 2.65. The predicted molar refractivity (Wildman–Crippen MR) is 54.4 cm³/mol. The Morgan fingerprint density at radius 2 is 1.71 bits per heavy atom. The number of halogens is 1. The molecule has 1 saturated heterocycles. The number of rotatable bonds is 1. The van der Waals surface area contributed by atoms with Gasteiger partial charge in [0.15, 0.2) is 0 Å². The van der Waals surface area contributed by atoms with Gasteiger partial charge < -0.3 is 4.90 Å². The average molecular weight is 195 g/mol.